The quantitative estimate of drug-likeness (QED) is 0.804. The molecule has 0 amide bonds. The van der Waals surface area contributed by atoms with E-state index >= 15 is 0 Å². The molecule has 0 bridgehead atoms. The Labute approximate surface area is 94.9 Å². The molecule has 3 nitrogen and oxygen atoms in total. The molecule has 1 atom stereocenters. The van der Waals surface area contributed by atoms with E-state index in [2.05, 4.69) is 27.4 Å². The Morgan fingerprint density at radius 1 is 1.19 bits per heavy atom. The zero-order valence-corrected chi connectivity index (χ0v) is 9.11. The van der Waals surface area contributed by atoms with Gasteiger partial charge in [0.05, 0.1) is 11.9 Å². The molecule has 16 heavy (non-hydrogen) atoms. The summed E-state index contributed by atoms with van der Waals surface area (Å²) in [6, 6.07) is 10.7. The Morgan fingerprint density at radius 3 is 2.81 bits per heavy atom. The Bertz CT molecular complexity index is 455. The zero-order chi connectivity index (χ0) is 10.8. The van der Waals surface area contributed by atoms with Gasteiger partial charge in [-0.1, -0.05) is 30.3 Å². The van der Waals surface area contributed by atoms with Gasteiger partial charge in [0.15, 0.2) is 0 Å². The molecule has 0 radical (unpaired) electrons. The molecule has 3 heteroatoms. The standard InChI is InChI=1S/C13H15N3/c1-2-5-10(6-3-1)13-15-9-12(16-13)11-7-4-8-14-11/h1-3,5-6,9,11,14H,4,7-8H2,(H,15,16)/t11-/m0/s1. The van der Waals surface area contributed by atoms with Gasteiger partial charge in [-0.15, -0.1) is 0 Å². The van der Waals surface area contributed by atoms with Crippen LogP contribution in [0.1, 0.15) is 24.6 Å². The van der Waals surface area contributed by atoms with Gasteiger partial charge >= 0.3 is 0 Å². The number of nitrogens with zero attached hydrogens (tertiary/aromatic N) is 1. The number of rotatable bonds is 2. The second-order valence-electron chi connectivity index (χ2n) is 4.20. The lowest BCUT2D eigenvalue weighted by molar-refractivity contribution is 0.632. The van der Waals surface area contributed by atoms with Gasteiger partial charge in [-0.2, -0.15) is 0 Å². The van der Waals surface area contributed by atoms with Crippen LogP contribution >= 0.6 is 0 Å². The maximum Gasteiger partial charge on any atom is 0.137 e. The lowest BCUT2D eigenvalue weighted by Crippen LogP contribution is -2.12. The van der Waals surface area contributed by atoms with Gasteiger partial charge in [-0.3, -0.25) is 0 Å². The minimum atomic E-state index is 0.463. The molecule has 3 rings (SSSR count). The molecule has 2 N–H and O–H groups in total. The van der Waals surface area contributed by atoms with E-state index in [0.717, 1.165) is 17.9 Å². The number of imidazole rings is 1. The fourth-order valence-electron chi connectivity index (χ4n) is 2.21. The third-order valence-electron chi connectivity index (χ3n) is 3.08. The summed E-state index contributed by atoms with van der Waals surface area (Å²) in [4.78, 5) is 7.83. The Kier molecular flexibility index (Phi) is 2.46. The van der Waals surface area contributed by atoms with E-state index in [-0.39, 0.29) is 0 Å². The van der Waals surface area contributed by atoms with Crippen LogP contribution in [-0.4, -0.2) is 16.5 Å². The molecule has 1 aliphatic heterocycles. The highest BCUT2D eigenvalue weighted by atomic mass is 15.0. The normalized spacial score (nSPS) is 20.1. The number of aromatic amines is 1. The first-order valence-corrected chi connectivity index (χ1v) is 5.77. The maximum atomic E-state index is 4.44. The fraction of sp³-hybridized carbons (Fsp3) is 0.308. The molecule has 1 aromatic carbocycles. The summed E-state index contributed by atoms with van der Waals surface area (Å²) >= 11 is 0. The molecule has 1 aromatic heterocycles. The van der Waals surface area contributed by atoms with Crippen molar-refractivity contribution < 1.29 is 0 Å². The van der Waals surface area contributed by atoms with Gasteiger partial charge in [-0.25, -0.2) is 4.98 Å². The van der Waals surface area contributed by atoms with Crippen molar-refractivity contribution in [2.45, 2.75) is 18.9 Å². The van der Waals surface area contributed by atoms with E-state index in [1.165, 1.54) is 18.5 Å². The summed E-state index contributed by atoms with van der Waals surface area (Å²) in [6.45, 7) is 1.12. The predicted molar refractivity (Wildman–Crippen MR) is 64.0 cm³/mol. The van der Waals surface area contributed by atoms with Crippen LogP contribution in [0.3, 0.4) is 0 Å². The number of hydrogen-bond acceptors (Lipinski definition) is 2. The second-order valence-corrected chi connectivity index (χ2v) is 4.20. The van der Waals surface area contributed by atoms with Crippen molar-refractivity contribution in [3.05, 3.63) is 42.2 Å². The maximum absolute atomic E-state index is 4.44. The van der Waals surface area contributed by atoms with Crippen molar-refractivity contribution in [1.82, 2.24) is 15.3 Å². The molecule has 1 fully saturated rings. The first-order chi connectivity index (χ1) is 7.93. The highest BCUT2D eigenvalue weighted by Gasteiger charge is 2.18. The fourth-order valence-corrected chi connectivity index (χ4v) is 2.21. The number of benzene rings is 1. The summed E-state index contributed by atoms with van der Waals surface area (Å²) < 4.78 is 0. The molecule has 0 unspecified atom stereocenters. The van der Waals surface area contributed by atoms with E-state index in [4.69, 9.17) is 0 Å². The number of hydrogen-bond donors (Lipinski definition) is 2. The molecule has 1 aliphatic rings. The molecular weight excluding hydrogens is 198 g/mol. The highest BCUT2D eigenvalue weighted by Crippen LogP contribution is 2.23. The topological polar surface area (TPSA) is 40.7 Å². The minimum Gasteiger partial charge on any atom is -0.341 e. The zero-order valence-electron chi connectivity index (χ0n) is 9.11. The van der Waals surface area contributed by atoms with Gasteiger partial charge in [0, 0.05) is 11.6 Å². The van der Waals surface area contributed by atoms with E-state index in [9.17, 15) is 0 Å². The Hall–Kier alpha value is -1.61. The molecule has 1 saturated heterocycles. The van der Waals surface area contributed by atoms with Crippen molar-refractivity contribution in [2.24, 2.45) is 0 Å². The average molecular weight is 213 g/mol. The molecule has 82 valence electrons. The first kappa shape index (κ1) is 9.60. The van der Waals surface area contributed by atoms with E-state index in [1.807, 2.05) is 24.4 Å². The van der Waals surface area contributed by atoms with Crippen LogP contribution < -0.4 is 5.32 Å². The van der Waals surface area contributed by atoms with Crippen molar-refractivity contribution in [1.29, 1.82) is 0 Å². The Balaban J connectivity index is 1.87. The van der Waals surface area contributed by atoms with Gasteiger partial charge in [-0.05, 0) is 19.4 Å². The van der Waals surface area contributed by atoms with Crippen LogP contribution in [0.15, 0.2) is 36.5 Å². The van der Waals surface area contributed by atoms with Crippen molar-refractivity contribution in [2.75, 3.05) is 6.54 Å². The lowest BCUT2D eigenvalue weighted by Gasteiger charge is -2.05. The van der Waals surface area contributed by atoms with Crippen LogP contribution in [0.4, 0.5) is 0 Å². The third kappa shape index (κ3) is 1.74. The number of nitrogens with one attached hydrogen (secondary N) is 2. The summed E-state index contributed by atoms with van der Waals surface area (Å²) in [5.41, 5.74) is 2.35. The van der Waals surface area contributed by atoms with Crippen LogP contribution in [0.5, 0.6) is 0 Å². The van der Waals surface area contributed by atoms with Crippen molar-refractivity contribution in [3.8, 4) is 11.4 Å². The Morgan fingerprint density at radius 2 is 2.06 bits per heavy atom. The molecular formula is C13H15N3. The number of aromatic nitrogens is 2. The van der Waals surface area contributed by atoms with E-state index < -0.39 is 0 Å². The van der Waals surface area contributed by atoms with Gasteiger partial charge in [0.2, 0.25) is 0 Å². The summed E-state index contributed by atoms with van der Waals surface area (Å²) in [7, 11) is 0. The predicted octanol–water partition coefficient (Wildman–Crippen LogP) is 2.50. The van der Waals surface area contributed by atoms with Gasteiger partial charge in [0.25, 0.3) is 0 Å². The lowest BCUT2D eigenvalue weighted by atomic mass is 10.2. The van der Waals surface area contributed by atoms with E-state index in [0.29, 0.717) is 6.04 Å². The molecule has 2 heterocycles. The van der Waals surface area contributed by atoms with Gasteiger partial charge < -0.3 is 10.3 Å². The minimum absolute atomic E-state index is 0.463. The molecule has 0 spiro atoms. The molecule has 2 aromatic rings. The van der Waals surface area contributed by atoms with Crippen LogP contribution in [-0.2, 0) is 0 Å². The first-order valence-electron chi connectivity index (χ1n) is 5.77. The highest BCUT2D eigenvalue weighted by molar-refractivity contribution is 5.54. The smallest absolute Gasteiger partial charge is 0.137 e. The second kappa shape index (κ2) is 4.10. The van der Waals surface area contributed by atoms with Crippen LogP contribution in [0.2, 0.25) is 0 Å². The average Bonchev–Trinajstić information content (AvgIpc) is 3.01. The molecule has 0 aliphatic carbocycles. The monoisotopic (exact) mass is 213 g/mol. The van der Waals surface area contributed by atoms with Crippen LogP contribution in [0.25, 0.3) is 11.4 Å². The third-order valence-corrected chi connectivity index (χ3v) is 3.08. The van der Waals surface area contributed by atoms with Crippen molar-refractivity contribution in [3.63, 3.8) is 0 Å². The SMILES string of the molecule is c1ccc(-c2ncc([C@@H]3CCCN3)[nH]2)cc1. The van der Waals surface area contributed by atoms with Crippen LogP contribution in [0, 0.1) is 0 Å². The van der Waals surface area contributed by atoms with Crippen molar-refractivity contribution >= 4 is 0 Å². The van der Waals surface area contributed by atoms with E-state index in [1.54, 1.807) is 0 Å². The van der Waals surface area contributed by atoms with Gasteiger partial charge in [0.1, 0.15) is 5.82 Å². The summed E-state index contributed by atoms with van der Waals surface area (Å²) in [6.07, 6.45) is 4.41. The largest absolute Gasteiger partial charge is 0.341 e. The molecule has 0 saturated carbocycles. The number of H-pyrrole nitrogens is 1. The summed E-state index contributed by atoms with van der Waals surface area (Å²) in [5, 5.41) is 3.47. The summed E-state index contributed by atoms with van der Waals surface area (Å²) in [5.74, 6) is 0.962.